The van der Waals surface area contributed by atoms with Gasteiger partial charge in [-0.1, -0.05) is 37.6 Å². The number of fused-ring (bicyclic) bond motifs is 1. The number of hydrogen-bond acceptors (Lipinski definition) is 6. The van der Waals surface area contributed by atoms with Gasteiger partial charge in [-0.15, -0.1) is 0 Å². The van der Waals surface area contributed by atoms with Gasteiger partial charge in [0.2, 0.25) is 0 Å². The number of carbonyl (C=O) groups is 1. The van der Waals surface area contributed by atoms with Crippen LogP contribution in [0.1, 0.15) is 43.7 Å². The number of H-pyrrole nitrogens is 1. The molecule has 1 aliphatic carbocycles. The average molecular weight is 494 g/mol. The first kappa shape index (κ1) is 23.3. The molecule has 2 aromatic carbocycles. The van der Waals surface area contributed by atoms with Crippen LogP contribution in [-0.4, -0.2) is 37.3 Å². The highest BCUT2D eigenvalue weighted by atomic mass is 35.5. The van der Waals surface area contributed by atoms with Crippen LogP contribution in [-0.2, 0) is 4.79 Å². The summed E-state index contributed by atoms with van der Waals surface area (Å²) in [7, 11) is 4.79. The third-order valence-corrected chi connectivity index (χ3v) is 7.00. The predicted molar refractivity (Wildman–Crippen MR) is 136 cm³/mol. The number of halogens is 1. The summed E-state index contributed by atoms with van der Waals surface area (Å²) < 4.78 is 16.9. The summed E-state index contributed by atoms with van der Waals surface area (Å²) >= 11 is 6.15. The van der Waals surface area contributed by atoms with Gasteiger partial charge in [-0.05, 0) is 30.0 Å². The van der Waals surface area contributed by atoms with Crippen LogP contribution in [0.25, 0.3) is 11.3 Å². The van der Waals surface area contributed by atoms with E-state index in [-0.39, 0.29) is 11.2 Å². The van der Waals surface area contributed by atoms with Crippen molar-refractivity contribution in [2.75, 3.05) is 26.6 Å². The second-order valence-electron chi connectivity index (χ2n) is 9.71. The predicted octanol–water partition coefficient (Wildman–Crippen LogP) is 5.96. The van der Waals surface area contributed by atoms with Crippen molar-refractivity contribution < 1.29 is 19.0 Å². The fourth-order valence-electron chi connectivity index (χ4n) is 5.22. The molecule has 5 rings (SSSR count). The molecule has 2 N–H and O–H groups in total. The molecular weight excluding hydrogens is 466 g/mol. The first-order valence-corrected chi connectivity index (χ1v) is 11.8. The van der Waals surface area contributed by atoms with Crippen molar-refractivity contribution in [3.63, 3.8) is 0 Å². The lowest BCUT2D eigenvalue weighted by atomic mass is 9.68. The van der Waals surface area contributed by atoms with Crippen molar-refractivity contribution in [3.8, 4) is 28.5 Å². The molecule has 35 heavy (non-hydrogen) atoms. The number of anilines is 1. The summed E-state index contributed by atoms with van der Waals surface area (Å²) in [5, 5.41) is 11.9. The minimum atomic E-state index is -0.413. The first-order valence-electron chi connectivity index (χ1n) is 11.4. The molecule has 0 saturated carbocycles. The van der Waals surface area contributed by atoms with Crippen LogP contribution in [0.2, 0.25) is 5.02 Å². The Morgan fingerprint density at radius 2 is 1.63 bits per heavy atom. The van der Waals surface area contributed by atoms with Gasteiger partial charge in [0.25, 0.3) is 0 Å². The zero-order valence-electron chi connectivity index (χ0n) is 20.4. The number of aromatic nitrogens is 2. The number of Topliss-reactive ketones (excluding diaryl/α,β-unsaturated/α-hetero) is 1. The van der Waals surface area contributed by atoms with E-state index in [4.69, 9.17) is 25.8 Å². The molecule has 7 nitrogen and oxygen atoms in total. The van der Waals surface area contributed by atoms with Gasteiger partial charge < -0.3 is 19.5 Å². The Morgan fingerprint density at radius 3 is 2.29 bits per heavy atom. The van der Waals surface area contributed by atoms with Crippen molar-refractivity contribution in [1.29, 1.82) is 0 Å². The van der Waals surface area contributed by atoms with Crippen LogP contribution < -0.4 is 19.5 Å². The zero-order valence-corrected chi connectivity index (χ0v) is 21.2. The Kier molecular flexibility index (Phi) is 5.75. The van der Waals surface area contributed by atoms with Gasteiger partial charge >= 0.3 is 0 Å². The van der Waals surface area contributed by atoms with E-state index in [1.54, 1.807) is 27.4 Å². The highest BCUT2D eigenvalue weighted by molar-refractivity contribution is 6.30. The van der Waals surface area contributed by atoms with Gasteiger partial charge in [-0.25, -0.2) is 0 Å². The van der Waals surface area contributed by atoms with Crippen molar-refractivity contribution >= 4 is 23.2 Å². The Balaban J connectivity index is 1.79. The summed E-state index contributed by atoms with van der Waals surface area (Å²) in [5.41, 5.74) is 4.91. The molecule has 0 radical (unpaired) electrons. The van der Waals surface area contributed by atoms with Crippen LogP contribution >= 0.6 is 11.6 Å². The molecule has 3 aromatic rings. The smallest absolute Gasteiger partial charge is 0.164 e. The maximum atomic E-state index is 13.7. The summed E-state index contributed by atoms with van der Waals surface area (Å²) in [6.07, 6.45) is 1.20. The fraction of sp³-hybridized carbons (Fsp3) is 0.333. The molecule has 2 heterocycles. The monoisotopic (exact) mass is 493 g/mol. The molecule has 1 aromatic heterocycles. The van der Waals surface area contributed by atoms with Crippen molar-refractivity contribution in [1.82, 2.24) is 10.2 Å². The molecule has 0 spiro atoms. The van der Waals surface area contributed by atoms with E-state index in [9.17, 15) is 4.79 Å². The van der Waals surface area contributed by atoms with E-state index in [1.807, 2.05) is 30.3 Å². The lowest BCUT2D eigenvalue weighted by Crippen LogP contribution is -2.33. The number of benzene rings is 2. The largest absolute Gasteiger partial charge is 0.496 e. The van der Waals surface area contributed by atoms with Crippen LogP contribution in [0.5, 0.6) is 17.2 Å². The molecule has 1 atom stereocenters. The number of nitrogens with zero attached hydrogens (tertiary/aromatic N) is 1. The van der Waals surface area contributed by atoms with Gasteiger partial charge in [0.1, 0.15) is 5.75 Å². The number of allylic oxidation sites excluding steroid dienone is 2. The van der Waals surface area contributed by atoms with Crippen molar-refractivity contribution in [2.24, 2.45) is 5.41 Å². The molecule has 1 unspecified atom stereocenters. The topological polar surface area (TPSA) is 85.5 Å². The number of ether oxygens (including phenoxy) is 3. The number of aromatic amines is 1. The van der Waals surface area contributed by atoms with Crippen molar-refractivity contribution in [3.05, 3.63) is 63.8 Å². The van der Waals surface area contributed by atoms with E-state index in [0.717, 1.165) is 40.1 Å². The Labute approximate surface area is 209 Å². The highest BCUT2D eigenvalue weighted by Crippen LogP contribution is 2.53. The van der Waals surface area contributed by atoms with Crippen LogP contribution in [0.3, 0.4) is 0 Å². The molecule has 0 fully saturated rings. The second-order valence-corrected chi connectivity index (χ2v) is 10.1. The summed E-state index contributed by atoms with van der Waals surface area (Å²) in [4.78, 5) is 13.7. The molecule has 2 aliphatic rings. The van der Waals surface area contributed by atoms with Crippen LogP contribution in [0.15, 0.2) is 47.7 Å². The van der Waals surface area contributed by atoms with E-state index in [2.05, 4.69) is 29.4 Å². The molecular formula is C27H28ClN3O4. The molecule has 8 heteroatoms. The fourth-order valence-corrected chi connectivity index (χ4v) is 5.35. The number of methoxy groups -OCH3 is 3. The van der Waals surface area contributed by atoms with Gasteiger partial charge in [-0.2, -0.15) is 5.10 Å². The normalized spacial score (nSPS) is 18.5. The second kappa shape index (κ2) is 8.64. The molecule has 0 bridgehead atoms. The molecule has 0 amide bonds. The minimum absolute atomic E-state index is 0.111. The number of nitrogens with one attached hydrogen (secondary N) is 2. The number of hydrogen-bond donors (Lipinski definition) is 2. The average Bonchev–Trinajstić information content (AvgIpc) is 3.25. The van der Waals surface area contributed by atoms with Crippen molar-refractivity contribution in [2.45, 2.75) is 32.6 Å². The standard InChI is InChI=1S/C27H28ClN3O4/c1-27(2)12-17-23(18(32)13-27)22(16-10-20(34-4)21(35-5)11-19(16)33-3)24-25(30-31-26(24)29-17)14-6-8-15(28)9-7-14/h6-11,22H,12-13H2,1-5H3,(H2,29,30,31). The lowest BCUT2D eigenvalue weighted by Gasteiger charge is -2.38. The van der Waals surface area contributed by atoms with Gasteiger partial charge in [-0.3, -0.25) is 9.89 Å². The molecule has 182 valence electrons. The molecule has 0 saturated heterocycles. The Hall–Kier alpha value is -3.45. The van der Waals surface area contributed by atoms with Gasteiger partial charge in [0, 0.05) is 51.4 Å². The van der Waals surface area contributed by atoms with E-state index in [1.165, 1.54) is 0 Å². The van der Waals surface area contributed by atoms with Crippen LogP contribution in [0, 0.1) is 5.41 Å². The number of ketones is 1. The third kappa shape index (κ3) is 3.93. The SMILES string of the molecule is COc1cc(OC)c(C2C3=C(CC(C)(C)CC3=O)Nc3n[nH]c(-c4ccc(Cl)cc4)c32)cc1OC. The Bertz CT molecular complexity index is 1340. The highest BCUT2D eigenvalue weighted by Gasteiger charge is 2.44. The third-order valence-electron chi connectivity index (χ3n) is 6.75. The van der Waals surface area contributed by atoms with E-state index < -0.39 is 5.92 Å². The number of rotatable bonds is 5. The lowest BCUT2D eigenvalue weighted by molar-refractivity contribution is -0.118. The van der Waals surface area contributed by atoms with Gasteiger partial charge in [0.15, 0.2) is 23.1 Å². The van der Waals surface area contributed by atoms with E-state index in [0.29, 0.717) is 34.5 Å². The Morgan fingerprint density at radius 1 is 0.971 bits per heavy atom. The zero-order chi connectivity index (χ0) is 24.9. The number of carbonyl (C=O) groups excluding carboxylic acids is 1. The summed E-state index contributed by atoms with van der Waals surface area (Å²) in [6.45, 7) is 4.23. The van der Waals surface area contributed by atoms with Gasteiger partial charge in [0.05, 0.1) is 27.0 Å². The quantitative estimate of drug-likeness (QED) is 0.456. The van der Waals surface area contributed by atoms with Crippen LogP contribution in [0.4, 0.5) is 5.82 Å². The maximum Gasteiger partial charge on any atom is 0.164 e. The maximum absolute atomic E-state index is 13.7. The summed E-state index contributed by atoms with van der Waals surface area (Å²) in [6, 6.07) is 11.3. The first-order chi connectivity index (χ1) is 16.8. The minimum Gasteiger partial charge on any atom is -0.496 e. The summed E-state index contributed by atoms with van der Waals surface area (Å²) in [5.74, 6) is 2.11. The van der Waals surface area contributed by atoms with E-state index >= 15 is 0 Å². The molecule has 1 aliphatic heterocycles.